The highest BCUT2D eigenvalue weighted by molar-refractivity contribution is 9.10. The van der Waals surface area contributed by atoms with Gasteiger partial charge in [0.25, 0.3) is 5.91 Å². The van der Waals surface area contributed by atoms with Gasteiger partial charge in [0.1, 0.15) is 5.75 Å². The van der Waals surface area contributed by atoms with Gasteiger partial charge in [-0.25, -0.2) is 13.6 Å². The third-order valence-electron chi connectivity index (χ3n) is 3.20. The minimum absolute atomic E-state index is 0.0352. The standard InChI is InChI=1S/C16H17BrN2O4S/c1-2-23-15-8-5-12(9-14(15)17)16(20)19-10-11-3-6-13(7-4-11)24(18,21)22/h3-9H,2,10H2,1H3,(H,19,20)(H2,18,21,22). The predicted octanol–water partition coefficient (Wildman–Crippen LogP) is 2.43. The summed E-state index contributed by atoms with van der Waals surface area (Å²) < 4.78 is 28.5. The molecule has 0 fully saturated rings. The van der Waals surface area contributed by atoms with Crippen LogP contribution in [-0.4, -0.2) is 20.9 Å². The summed E-state index contributed by atoms with van der Waals surface area (Å²) in [6.45, 7) is 2.70. The lowest BCUT2D eigenvalue weighted by Crippen LogP contribution is -2.22. The van der Waals surface area contributed by atoms with Gasteiger partial charge in [-0.2, -0.15) is 0 Å². The Morgan fingerprint density at radius 3 is 2.42 bits per heavy atom. The van der Waals surface area contributed by atoms with Crippen LogP contribution in [0.5, 0.6) is 5.75 Å². The van der Waals surface area contributed by atoms with Gasteiger partial charge in [-0.05, 0) is 58.7 Å². The van der Waals surface area contributed by atoms with Crippen molar-refractivity contribution in [3.05, 3.63) is 58.1 Å². The monoisotopic (exact) mass is 412 g/mol. The van der Waals surface area contributed by atoms with Crippen LogP contribution in [0.2, 0.25) is 0 Å². The number of carbonyl (C=O) groups excluding carboxylic acids is 1. The van der Waals surface area contributed by atoms with Gasteiger partial charge in [0.15, 0.2) is 0 Å². The topological polar surface area (TPSA) is 98.5 Å². The number of carbonyl (C=O) groups is 1. The van der Waals surface area contributed by atoms with Crippen LogP contribution in [0.25, 0.3) is 0 Å². The molecular weight excluding hydrogens is 396 g/mol. The molecule has 0 saturated heterocycles. The molecule has 0 heterocycles. The van der Waals surface area contributed by atoms with E-state index in [1.54, 1.807) is 30.3 Å². The fraction of sp³-hybridized carbons (Fsp3) is 0.188. The molecule has 0 saturated carbocycles. The number of nitrogens with two attached hydrogens (primary N) is 1. The zero-order valence-corrected chi connectivity index (χ0v) is 15.4. The van der Waals surface area contributed by atoms with E-state index < -0.39 is 10.0 Å². The highest BCUT2D eigenvalue weighted by Crippen LogP contribution is 2.26. The third-order valence-corrected chi connectivity index (χ3v) is 4.75. The van der Waals surface area contributed by atoms with E-state index >= 15 is 0 Å². The maximum absolute atomic E-state index is 12.2. The second-order valence-electron chi connectivity index (χ2n) is 4.95. The first kappa shape index (κ1) is 18.4. The van der Waals surface area contributed by atoms with Crippen molar-refractivity contribution in [1.82, 2.24) is 5.32 Å². The van der Waals surface area contributed by atoms with Crippen LogP contribution >= 0.6 is 15.9 Å². The molecule has 0 aliphatic rings. The summed E-state index contributed by atoms with van der Waals surface area (Å²) in [5.74, 6) is 0.432. The Balaban J connectivity index is 2.01. The SMILES string of the molecule is CCOc1ccc(C(=O)NCc2ccc(S(N)(=O)=O)cc2)cc1Br. The minimum Gasteiger partial charge on any atom is -0.493 e. The lowest BCUT2D eigenvalue weighted by molar-refractivity contribution is 0.0951. The number of benzene rings is 2. The van der Waals surface area contributed by atoms with Crippen molar-refractivity contribution in [2.45, 2.75) is 18.4 Å². The minimum atomic E-state index is -3.71. The Morgan fingerprint density at radius 2 is 1.88 bits per heavy atom. The normalized spacial score (nSPS) is 11.1. The van der Waals surface area contributed by atoms with Crippen LogP contribution in [-0.2, 0) is 16.6 Å². The Hall–Kier alpha value is -1.90. The molecule has 0 aliphatic carbocycles. The first-order valence-electron chi connectivity index (χ1n) is 7.13. The zero-order valence-electron chi connectivity index (χ0n) is 13.0. The average Bonchev–Trinajstić information content (AvgIpc) is 2.54. The van der Waals surface area contributed by atoms with Crippen LogP contribution in [0.15, 0.2) is 51.8 Å². The molecule has 0 bridgehead atoms. The van der Waals surface area contributed by atoms with E-state index in [1.807, 2.05) is 6.92 Å². The molecule has 0 unspecified atom stereocenters. The molecule has 2 rings (SSSR count). The first-order valence-corrected chi connectivity index (χ1v) is 9.47. The van der Waals surface area contributed by atoms with Gasteiger partial charge >= 0.3 is 0 Å². The van der Waals surface area contributed by atoms with E-state index in [2.05, 4.69) is 21.2 Å². The van der Waals surface area contributed by atoms with Gasteiger partial charge in [-0.3, -0.25) is 4.79 Å². The van der Waals surface area contributed by atoms with Crippen LogP contribution in [0.1, 0.15) is 22.8 Å². The van der Waals surface area contributed by atoms with Crippen molar-refractivity contribution in [3.63, 3.8) is 0 Å². The molecule has 0 atom stereocenters. The number of nitrogens with one attached hydrogen (secondary N) is 1. The number of rotatable bonds is 6. The number of hydrogen-bond donors (Lipinski definition) is 2. The quantitative estimate of drug-likeness (QED) is 0.760. The smallest absolute Gasteiger partial charge is 0.251 e. The molecule has 128 valence electrons. The van der Waals surface area contributed by atoms with E-state index in [1.165, 1.54) is 12.1 Å². The fourth-order valence-electron chi connectivity index (χ4n) is 2.00. The van der Waals surface area contributed by atoms with Gasteiger partial charge in [0.05, 0.1) is 16.0 Å². The van der Waals surface area contributed by atoms with Crippen molar-refractivity contribution in [1.29, 1.82) is 0 Å². The van der Waals surface area contributed by atoms with Crippen LogP contribution < -0.4 is 15.2 Å². The maximum Gasteiger partial charge on any atom is 0.251 e. The maximum atomic E-state index is 12.2. The van der Waals surface area contributed by atoms with E-state index in [4.69, 9.17) is 9.88 Å². The zero-order chi connectivity index (χ0) is 17.7. The second kappa shape index (κ2) is 7.78. The molecule has 3 N–H and O–H groups in total. The number of sulfonamides is 1. The third kappa shape index (κ3) is 4.80. The number of ether oxygens (including phenoxy) is 1. The molecule has 6 nitrogen and oxygen atoms in total. The van der Waals surface area contributed by atoms with Crippen molar-refractivity contribution in [3.8, 4) is 5.75 Å². The summed E-state index contributed by atoms with van der Waals surface area (Å²) in [6, 6.07) is 11.1. The summed E-state index contributed by atoms with van der Waals surface area (Å²) in [5.41, 5.74) is 1.26. The van der Waals surface area contributed by atoms with Gasteiger partial charge in [-0.15, -0.1) is 0 Å². The summed E-state index contributed by atoms with van der Waals surface area (Å²) in [5, 5.41) is 7.81. The van der Waals surface area contributed by atoms with Crippen molar-refractivity contribution in [2.75, 3.05) is 6.61 Å². The van der Waals surface area contributed by atoms with Gasteiger partial charge in [0.2, 0.25) is 10.0 Å². The highest BCUT2D eigenvalue weighted by atomic mass is 79.9. The molecule has 8 heteroatoms. The summed E-state index contributed by atoms with van der Waals surface area (Å²) in [6.07, 6.45) is 0. The molecular formula is C16H17BrN2O4S. The number of amides is 1. The van der Waals surface area contributed by atoms with Gasteiger partial charge in [0, 0.05) is 12.1 Å². The number of halogens is 1. The predicted molar refractivity (Wildman–Crippen MR) is 94.3 cm³/mol. The van der Waals surface area contributed by atoms with E-state index in [0.717, 1.165) is 5.56 Å². The summed E-state index contributed by atoms with van der Waals surface area (Å²) in [4.78, 5) is 12.2. The van der Waals surface area contributed by atoms with Crippen LogP contribution in [0.4, 0.5) is 0 Å². The molecule has 0 aliphatic heterocycles. The molecule has 0 spiro atoms. The fourth-order valence-corrected chi connectivity index (χ4v) is 3.00. The van der Waals surface area contributed by atoms with Crippen molar-refractivity contribution >= 4 is 31.9 Å². The molecule has 2 aromatic rings. The second-order valence-corrected chi connectivity index (χ2v) is 7.37. The molecule has 1 amide bonds. The van der Waals surface area contributed by atoms with Crippen molar-refractivity contribution in [2.24, 2.45) is 5.14 Å². The highest BCUT2D eigenvalue weighted by Gasteiger charge is 2.10. The van der Waals surface area contributed by atoms with Crippen molar-refractivity contribution < 1.29 is 17.9 Å². The van der Waals surface area contributed by atoms with Gasteiger partial charge in [-0.1, -0.05) is 12.1 Å². The molecule has 0 aromatic heterocycles. The lowest BCUT2D eigenvalue weighted by Gasteiger charge is -2.09. The first-order chi connectivity index (χ1) is 11.3. The van der Waals surface area contributed by atoms with Crippen LogP contribution in [0.3, 0.4) is 0 Å². The summed E-state index contributed by atoms with van der Waals surface area (Å²) >= 11 is 3.37. The summed E-state index contributed by atoms with van der Waals surface area (Å²) in [7, 11) is -3.71. The molecule has 0 radical (unpaired) electrons. The van der Waals surface area contributed by atoms with Crippen LogP contribution in [0, 0.1) is 0 Å². The number of primary sulfonamides is 1. The Labute approximate surface area is 149 Å². The largest absolute Gasteiger partial charge is 0.493 e. The Kier molecular flexibility index (Phi) is 5.98. The average molecular weight is 413 g/mol. The van der Waals surface area contributed by atoms with E-state index in [9.17, 15) is 13.2 Å². The molecule has 24 heavy (non-hydrogen) atoms. The lowest BCUT2D eigenvalue weighted by atomic mass is 10.2. The number of hydrogen-bond acceptors (Lipinski definition) is 4. The Morgan fingerprint density at radius 1 is 1.21 bits per heavy atom. The Bertz CT molecular complexity index is 836. The van der Waals surface area contributed by atoms with Gasteiger partial charge < -0.3 is 10.1 Å². The van der Waals surface area contributed by atoms with E-state index in [0.29, 0.717) is 22.4 Å². The van der Waals surface area contributed by atoms with E-state index in [-0.39, 0.29) is 17.3 Å². The molecule has 2 aromatic carbocycles.